The van der Waals surface area contributed by atoms with Crippen molar-refractivity contribution in [2.75, 3.05) is 0 Å². The lowest BCUT2D eigenvalue weighted by Gasteiger charge is -1.94. The average Bonchev–Trinajstić information content (AvgIpc) is 1.89. The molecule has 0 unspecified atom stereocenters. The lowest BCUT2D eigenvalue weighted by Crippen LogP contribution is -2.08. The molecule has 2 N–H and O–H groups in total. The van der Waals surface area contributed by atoms with E-state index in [4.69, 9.17) is 0 Å². The van der Waals surface area contributed by atoms with E-state index in [0.717, 1.165) is 19.3 Å². The maximum atomic E-state index is 10.3. The summed E-state index contributed by atoms with van der Waals surface area (Å²) in [6.07, 6.45) is 3.50. The van der Waals surface area contributed by atoms with Crippen LogP contribution in [0.4, 0.5) is 0 Å². The highest BCUT2D eigenvalue weighted by molar-refractivity contribution is 5.68. The second-order valence-corrected chi connectivity index (χ2v) is 1.95. The van der Waals surface area contributed by atoms with E-state index in [1.54, 1.807) is 0 Å². The second kappa shape index (κ2) is 5.56. The van der Waals surface area contributed by atoms with Crippen LogP contribution >= 0.6 is 0 Å². The van der Waals surface area contributed by atoms with Gasteiger partial charge < -0.3 is 4.84 Å². The Hall–Kier alpha value is -0.570. The molecule has 0 saturated carbocycles. The van der Waals surface area contributed by atoms with Gasteiger partial charge in [-0.25, -0.2) is 0 Å². The molecule has 9 heavy (non-hydrogen) atoms. The van der Waals surface area contributed by atoms with E-state index in [-0.39, 0.29) is 5.97 Å². The Morgan fingerprint density at radius 1 is 1.56 bits per heavy atom. The molecule has 54 valence electrons. The van der Waals surface area contributed by atoms with Gasteiger partial charge in [0.15, 0.2) is 0 Å². The number of carbonyl (C=O) groups is 1. The molecule has 0 aromatic carbocycles. The minimum absolute atomic E-state index is 0.316. The number of carbonyl (C=O) groups excluding carboxylic acids is 1. The van der Waals surface area contributed by atoms with Crippen LogP contribution in [0.15, 0.2) is 0 Å². The Morgan fingerprint density at radius 2 is 2.22 bits per heavy atom. The van der Waals surface area contributed by atoms with E-state index in [0.29, 0.717) is 6.42 Å². The molecular weight excluding hydrogens is 118 g/mol. The fourth-order valence-electron chi connectivity index (χ4n) is 0.578. The van der Waals surface area contributed by atoms with Crippen molar-refractivity contribution in [2.24, 2.45) is 5.90 Å². The molecule has 0 radical (unpaired) electrons. The largest absolute Gasteiger partial charge is 0.373 e. The van der Waals surface area contributed by atoms with Crippen molar-refractivity contribution >= 4 is 5.97 Å². The standard InChI is InChI=1S/C6H13NO2/c1-2-3-4-5-6(8)9-7/h2-5,7H2,1H3. The molecule has 0 heterocycles. The van der Waals surface area contributed by atoms with Crippen LogP contribution < -0.4 is 5.90 Å². The molecule has 0 aromatic heterocycles. The SMILES string of the molecule is CCCCCC(=O)ON. The zero-order chi connectivity index (χ0) is 7.11. The normalized spacial score (nSPS) is 9.11. The predicted octanol–water partition coefficient (Wildman–Crippen LogP) is 0.984. The summed E-state index contributed by atoms with van der Waals surface area (Å²) in [7, 11) is 0. The molecule has 3 nitrogen and oxygen atoms in total. The van der Waals surface area contributed by atoms with E-state index >= 15 is 0 Å². The average molecular weight is 131 g/mol. The predicted molar refractivity (Wildman–Crippen MR) is 34.4 cm³/mol. The molecule has 0 atom stereocenters. The van der Waals surface area contributed by atoms with Crippen LogP contribution in [-0.2, 0) is 9.63 Å². The zero-order valence-electron chi connectivity index (χ0n) is 5.72. The van der Waals surface area contributed by atoms with Crippen LogP contribution in [0.3, 0.4) is 0 Å². The van der Waals surface area contributed by atoms with Gasteiger partial charge in [0.1, 0.15) is 0 Å². The van der Waals surface area contributed by atoms with Crippen LogP contribution in [0.2, 0.25) is 0 Å². The highest BCUT2D eigenvalue weighted by Gasteiger charge is 1.97. The molecular formula is C6H13NO2. The monoisotopic (exact) mass is 131 g/mol. The molecule has 0 spiro atoms. The van der Waals surface area contributed by atoms with Crippen LogP contribution in [0.5, 0.6) is 0 Å². The van der Waals surface area contributed by atoms with Gasteiger partial charge in [-0.1, -0.05) is 19.8 Å². The van der Waals surface area contributed by atoms with E-state index in [1.165, 1.54) is 0 Å². The summed E-state index contributed by atoms with van der Waals surface area (Å²) in [6, 6.07) is 0. The molecule has 0 fully saturated rings. The summed E-state index contributed by atoms with van der Waals surface area (Å²) >= 11 is 0. The van der Waals surface area contributed by atoms with E-state index in [1.807, 2.05) is 0 Å². The molecule has 0 aliphatic heterocycles. The molecule has 0 aliphatic carbocycles. The number of rotatable bonds is 4. The van der Waals surface area contributed by atoms with Crippen LogP contribution in [0.1, 0.15) is 32.6 Å². The first-order valence-corrected chi connectivity index (χ1v) is 3.20. The van der Waals surface area contributed by atoms with Crippen molar-refractivity contribution in [2.45, 2.75) is 32.6 Å². The summed E-state index contributed by atoms with van der Waals surface area (Å²) < 4.78 is 0. The summed E-state index contributed by atoms with van der Waals surface area (Å²) in [5.74, 6) is 4.29. The summed E-state index contributed by atoms with van der Waals surface area (Å²) in [5.41, 5.74) is 0. The number of hydrogen-bond acceptors (Lipinski definition) is 3. The van der Waals surface area contributed by atoms with Crippen molar-refractivity contribution in [3.63, 3.8) is 0 Å². The Balaban J connectivity index is 2.97. The van der Waals surface area contributed by atoms with Gasteiger partial charge in [-0.3, -0.25) is 4.79 Å². The van der Waals surface area contributed by atoms with Gasteiger partial charge in [0.25, 0.3) is 0 Å². The Kier molecular flexibility index (Phi) is 5.21. The van der Waals surface area contributed by atoms with Crippen molar-refractivity contribution in [1.29, 1.82) is 0 Å². The number of unbranched alkanes of at least 4 members (excludes halogenated alkanes) is 2. The van der Waals surface area contributed by atoms with Gasteiger partial charge in [0.2, 0.25) is 0 Å². The van der Waals surface area contributed by atoms with Crippen LogP contribution in [0, 0.1) is 0 Å². The highest BCUT2D eigenvalue weighted by Crippen LogP contribution is 1.98. The third-order valence-corrected chi connectivity index (χ3v) is 1.12. The van der Waals surface area contributed by atoms with E-state index in [9.17, 15) is 4.79 Å². The maximum absolute atomic E-state index is 10.3. The van der Waals surface area contributed by atoms with Gasteiger partial charge in [-0.2, -0.15) is 5.90 Å². The Bertz CT molecular complexity index is 83.1. The summed E-state index contributed by atoms with van der Waals surface area (Å²) in [5, 5.41) is 0. The lowest BCUT2D eigenvalue weighted by molar-refractivity contribution is -0.144. The van der Waals surface area contributed by atoms with Crippen molar-refractivity contribution < 1.29 is 9.63 Å². The minimum atomic E-state index is -0.316. The van der Waals surface area contributed by atoms with E-state index < -0.39 is 0 Å². The molecule has 3 heteroatoms. The van der Waals surface area contributed by atoms with Crippen LogP contribution in [-0.4, -0.2) is 5.97 Å². The minimum Gasteiger partial charge on any atom is -0.373 e. The maximum Gasteiger partial charge on any atom is 0.324 e. The van der Waals surface area contributed by atoms with Gasteiger partial charge in [0.05, 0.1) is 0 Å². The highest BCUT2D eigenvalue weighted by atomic mass is 16.7. The number of nitrogens with two attached hydrogens (primary N) is 1. The first kappa shape index (κ1) is 8.43. The topological polar surface area (TPSA) is 52.3 Å². The van der Waals surface area contributed by atoms with E-state index in [2.05, 4.69) is 17.7 Å². The van der Waals surface area contributed by atoms with Gasteiger partial charge >= 0.3 is 5.97 Å². The van der Waals surface area contributed by atoms with Crippen LogP contribution in [0.25, 0.3) is 0 Å². The molecule has 0 rings (SSSR count). The third kappa shape index (κ3) is 5.30. The first-order chi connectivity index (χ1) is 4.31. The Morgan fingerprint density at radius 3 is 2.67 bits per heavy atom. The zero-order valence-corrected chi connectivity index (χ0v) is 5.72. The van der Waals surface area contributed by atoms with Gasteiger partial charge in [0, 0.05) is 6.42 Å². The van der Waals surface area contributed by atoms with Crippen molar-refractivity contribution in [3.8, 4) is 0 Å². The first-order valence-electron chi connectivity index (χ1n) is 3.20. The molecule has 0 aliphatic rings. The molecule has 0 aromatic rings. The summed E-state index contributed by atoms with van der Waals surface area (Å²) in [6.45, 7) is 2.08. The summed E-state index contributed by atoms with van der Waals surface area (Å²) in [4.78, 5) is 14.3. The Labute approximate surface area is 55.1 Å². The van der Waals surface area contributed by atoms with Crippen molar-refractivity contribution in [3.05, 3.63) is 0 Å². The van der Waals surface area contributed by atoms with Gasteiger partial charge in [-0.15, -0.1) is 0 Å². The lowest BCUT2D eigenvalue weighted by atomic mass is 10.2. The fourth-order valence-corrected chi connectivity index (χ4v) is 0.578. The fraction of sp³-hybridized carbons (Fsp3) is 0.833. The number of hydrogen-bond donors (Lipinski definition) is 1. The third-order valence-electron chi connectivity index (χ3n) is 1.12. The second-order valence-electron chi connectivity index (χ2n) is 1.95. The van der Waals surface area contributed by atoms with Crippen molar-refractivity contribution in [1.82, 2.24) is 0 Å². The molecule has 0 amide bonds. The molecule has 0 saturated heterocycles. The quantitative estimate of drug-likeness (QED) is 0.457. The smallest absolute Gasteiger partial charge is 0.324 e. The van der Waals surface area contributed by atoms with Gasteiger partial charge in [-0.05, 0) is 6.42 Å². The molecule has 0 bridgehead atoms.